The van der Waals surface area contributed by atoms with Gasteiger partial charge in [0.25, 0.3) is 0 Å². The molecule has 0 spiro atoms. The smallest absolute Gasteiger partial charge is 0.139 e. The van der Waals surface area contributed by atoms with Crippen molar-refractivity contribution in [3.8, 4) is 0 Å². The van der Waals surface area contributed by atoms with E-state index in [-0.39, 0.29) is 6.04 Å². The van der Waals surface area contributed by atoms with E-state index in [0.29, 0.717) is 12.6 Å². The van der Waals surface area contributed by atoms with Crippen LogP contribution in [0.2, 0.25) is 0 Å². The second kappa shape index (κ2) is 2.91. The number of ether oxygens (including phenoxy) is 1. The van der Waals surface area contributed by atoms with E-state index in [4.69, 9.17) is 4.74 Å². The number of carbonyl (C=O) groups excluding carboxylic acids is 1. The molecule has 0 radical (unpaired) electrons. The topological polar surface area (TPSA) is 38.3 Å². The van der Waals surface area contributed by atoms with Crippen LogP contribution in [0.3, 0.4) is 0 Å². The predicted molar refractivity (Wildman–Crippen MR) is 40.3 cm³/mol. The Labute approximate surface area is 66.1 Å². The first-order valence-electron chi connectivity index (χ1n) is 4.19. The van der Waals surface area contributed by atoms with Gasteiger partial charge in [-0.05, 0) is 18.8 Å². The highest BCUT2D eigenvalue weighted by Gasteiger charge is 2.34. The van der Waals surface area contributed by atoms with Gasteiger partial charge in [0.15, 0.2) is 0 Å². The van der Waals surface area contributed by atoms with Crippen LogP contribution in [0.25, 0.3) is 0 Å². The summed E-state index contributed by atoms with van der Waals surface area (Å²) in [6, 6.07) is 0.383. The van der Waals surface area contributed by atoms with Crippen molar-refractivity contribution in [2.75, 3.05) is 13.2 Å². The van der Waals surface area contributed by atoms with Gasteiger partial charge in [-0.3, -0.25) is 0 Å². The molecule has 0 bridgehead atoms. The van der Waals surface area contributed by atoms with E-state index in [0.717, 1.165) is 18.8 Å². The maximum absolute atomic E-state index is 10.4. The monoisotopic (exact) mass is 155 g/mol. The van der Waals surface area contributed by atoms with Gasteiger partial charge < -0.3 is 14.8 Å². The molecule has 3 nitrogen and oxygen atoms in total. The van der Waals surface area contributed by atoms with Gasteiger partial charge in [-0.2, -0.15) is 0 Å². The Bertz CT molecular complexity index is 156. The minimum absolute atomic E-state index is 0.0608. The van der Waals surface area contributed by atoms with Crippen LogP contribution < -0.4 is 5.32 Å². The summed E-state index contributed by atoms with van der Waals surface area (Å²) in [5.74, 6) is 0.776. The highest BCUT2D eigenvalue weighted by atomic mass is 16.5. The van der Waals surface area contributed by atoms with Gasteiger partial charge >= 0.3 is 0 Å². The Hall–Kier alpha value is -0.410. The summed E-state index contributed by atoms with van der Waals surface area (Å²) in [5, 5.41) is 3.27. The zero-order valence-corrected chi connectivity index (χ0v) is 6.45. The van der Waals surface area contributed by atoms with Crippen molar-refractivity contribution >= 4 is 6.29 Å². The van der Waals surface area contributed by atoms with Crippen LogP contribution in [-0.4, -0.2) is 31.6 Å². The second-order valence-electron chi connectivity index (χ2n) is 3.39. The Kier molecular flexibility index (Phi) is 1.92. The molecule has 3 heteroatoms. The predicted octanol–water partition coefficient (Wildman–Crippen LogP) is -0.0477. The second-order valence-corrected chi connectivity index (χ2v) is 3.39. The normalized spacial score (nSPS) is 38.5. The number of nitrogens with one attached hydrogen (secondary N) is 1. The van der Waals surface area contributed by atoms with Crippen molar-refractivity contribution in [3.63, 3.8) is 0 Å². The number of hydrogen-bond acceptors (Lipinski definition) is 3. The summed E-state index contributed by atoms with van der Waals surface area (Å²) in [6.07, 6.45) is 3.54. The van der Waals surface area contributed by atoms with Gasteiger partial charge in [-0.1, -0.05) is 0 Å². The molecule has 62 valence electrons. The van der Waals surface area contributed by atoms with Crippen molar-refractivity contribution in [2.45, 2.75) is 24.9 Å². The largest absolute Gasteiger partial charge is 0.378 e. The van der Waals surface area contributed by atoms with Gasteiger partial charge in [0, 0.05) is 6.04 Å². The summed E-state index contributed by atoms with van der Waals surface area (Å²) in [5.41, 5.74) is 0. The van der Waals surface area contributed by atoms with Crippen molar-refractivity contribution in [3.05, 3.63) is 0 Å². The lowest BCUT2D eigenvalue weighted by molar-refractivity contribution is -0.113. The maximum atomic E-state index is 10.4. The van der Waals surface area contributed by atoms with Gasteiger partial charge in [0.1, 0.15) is 6.29 Å². The van der Waals surface area contributed by atoms with Crippen LogP contribution in [0, 0.1) is 5.92 Å². The third-order valence-corrected chi connectivity index (χ3v) is 2.38. The van der Waals surface area contributed by atoms with E-state index in [1.165, 1.54) is 12.8 Å². The standard InChI is InChI=1S/C8H13NO2/c10-3-7-4-11-5-8(9-7)6-1-2-6/h3,6-9H,1-2,4-5H2/t7?,8-/m1/s1. The Morgan fingerprint density at radius 1 is 1.36 bits per heavy atom. The molecule has 1 saturated carbocycles. The molecule has 1 N–H and O–H groups in total. The van der Waals surface area contributed by atoms with E-state index in [2.05, 4.69) is 5.32 Å². The van der Waals surface area contributed by atoms with Gasteiger partial charge in [-0.25, -0.2) is 0 Å². The lowest BCUT2D eigenvalue weighted by Gasteiger charge is -2.27. The molecular weight excluding hydrogens is 142 g/mol. The van der Waals surface area contributed by atoms with Crippen molar-refractivity contribution in [1.82, 2.24) is 5.32 Å². The zero-order valence-electron chi connectivity index (χ0n) is 6.45. The summed E-state index contributed by atoms with van der Waals surface area (Å²) in [4.78, 5) is 10.4. The van der Waals surface area contributed by atoms with E-state index in [9.17, 15) is 4.79 Å². The van der Waals surface area contributed by atoms with Crippen LogP contribution in [0.15, 0.2) is 0 Å². The first-order valence-corrected chi connectivity index (χ1v) is 4.19. The van der Waals surface area contributed by atoms with E-state index < -0.39 is 0 Å². The molecule has 1 aliphatic carbocycles. The fraction of sp³-hybridized carbons (Fsp3) is 0.875. The molecule has 0 aromatic carbocycles. The molecule has 1 heterocycles. The number of hydrogen-bond donors (Lipinski definition) is 1. The minimum atomic E-state index is -0.0608. The average Bonchev–Trinajstić information content (AvgIpc) is 2.87. The van der Waals surface area contributed by atoms with Crippen molar-refractivity contribution in [1.29, 1.82) is 0 Å². The Balaban J connectivity index is 1.86. The number of morpholine rings is 1. The highest BCUT2D eigenvalue weighted by Crippen LogP contribution is 2.33. The molecule has 1 aliphatic heterocycles. The maximum Gasteiger partial charge on any atom is 0.139 e. The zero-order chi connectivity index (χ0) is 7.68. The molecule has 0 aromatic rings. The fourth-order valence-electron chi connectivity index (χ4n) is 1.54. The third kappa shape index (κ3) is 1.60. The molecule has 11 heavy (non-hydrogen) atoms. The lowest BCUT2D eigenvalue weighted by Crippen LogP contribution is -2.50. The summed E-state index contributed by atoms with van der Waals surface area (Å²) in [6.45, 7) is 1.34. The summed E-state index contributed by atoms with van der Waals surface area (Å²) < 4.78 is 5.29. The van der Waals surface area contributed by atoms with Crippen molar-refractivity contribution < 1.29 is 9.53 Å². The van der Waals surface area contributed by atoms with Gasteiger partial charge in [0.2, 0.25) is 0 Å². The van der Waals surface area contributed by atoms with Crippen LogP contribution >= 0.6 is 0 Å². The number of carbonyl (C=O) groups is 1. The Morgan fingerprint density at radius 2 is 2.18 bits per heavy atom. The molecule has 0 amide bonds. The van der Waals surface area contributed by atoms with Gasteiger partial charge in [-0.15, -0.1) is 0 Å². The van der Waals surface area contributed by atoms with E-state index >= 15 is 0 Å². The van der Waals surface area contributed by atoms with Crippen LogP contribution in [0.5, 0.6) is 0 Å². The molecule has 2 aliphatic rings. The van der Waals surface area contributed by atoms with Gasteiger partial charge in [0.05, 0.1) is 19.3 Å². The van der Waals surface area contributed by atoms with Crippen LogP contribution in [0.1, 0.15) is 12.8 Å². The SMILES string of the molecule is O=CC1COC[C@H](C2CC2)N1. The minimum Gasteiger partial charge on any atom is -0.378 e. The molecule has 2 rings (SSSR count). The molecule has 1 saturated heterocycles. The summed E-state index contributed by atoms with van der Waals surface area (Å²) >= 11 is 0. The van der Waals surface area contributed by atoms with Crippen molar-refractivity contribution in [2.24, 2.45) is 5.92 Å². The van der Waals surface area contributed by atoms with Crippen LogP contribution in [-0.2, 0) is 9.53 Å². The third-order valence-electron chi connectivity index (χ3n) is 2.38. The molecular formula is C8H13NO2. The first-order chi connectivity index (χ1) is 5.40. The molecule has 2 atom stereocenters. The molecule has 1 unspecified atom stereocenters. The fourth-order valence-corrected chi connectivity index (χ4v) is 1.54. The Morgan fingerprint density at radius 3 is 2.82 bits per heavy atom. The molecule has 2 fully saturated rings. The lowest BCUT2D eigenvalue weighted by atomic mass is 10.1. The quantitative estimate of drug-likeness (QED) is 0.568. The first kappa shape index (κ1) is 7.25. The number of rotatable bonds is 2. The van der Waals surface area contributed by atoms with E-state index in [1.54, 1.807) is 0 Å². The number of aldehydes is 1. The average molecular weight is 155 g/mol. The highest BCUT2D eigenvalue weighted by molar-refractivity contribution is 5.58. The van der Waals surface area contributed by atoms with E-state index in [1.807, 2.05) is 0 Å². The van der Waals surface area contributed by atoms with Crippen LogP contribution in [0.4, 0.5) is 0 Å². The summed E-state index contributed by atoms with van der Waals surface area (Å²) in [7, 11) is 0. The molecule has 0 aromatic heterocycles.